The first kappa shape index (κ1) is 19.0. The van der Waals surface area contributed by atoms with Crippen LogP contribution in [0.4, 0.5) is 0 Å². The van der Waals surface area contributed by atoms with Crippen molar-refractivity contribution in [3.8, 4) is 0 Å². The molecule has 0 bridgehead atoms. The summed E-state index contributed by atoms with van der Waals surface area (Å²) in [5.41, 5.74) is 0. The average Bonchev–Trinajstić information content (AvgIpc) is 3.16. The van der Waals surface area contributed by atoms with Gasteiger partial charge in [0, 0.05) is 38.3 Å². The summed E-state index contributed by atoms with van der Waals surface area (Å²) in [4.78, 5) is 6.84. The van der Waals surface area contributed by atoms with Gasteiger partial charge in [-0.15, -0.1) is 24.0 Å². The minimum absolute atomic E-state index is 0. The number of aliphatic imine (C=N–C) groups is 1. The summed E-state index contributed by atoms with van der Waals surface area (Å²) in [6.07, 6.45) is 3.86. The number of hydrogen-bond acceptors (Lipinski definition) is 2. The Labute approximate surface area is 135 Å². The van der Waals surface area contributed by atoms with Crippen LogP contribution in [0.5, 0.6) is 0 Å². The summed E-state index contributed by atoms with van der Waals surface area (Å²) in [6.45, 7) is 11.0. The van der Waals surface area contributed by atoms with Crippen molar-refractivity contribution in [2.45, 2.75) is 65.1 Å². The molecule has 1 fully saturated rings. The third-order valence-corrected chi connectivity index (χ3v) is 3.56. The van der Waals surface area contributed by atoms with Crippen molar-refractivity contribution < 1.29 is 0 Å². The van der Waals surface area contributed by atoms with E-state index in [1.165, 1.54) is 12.8 Å². The van der Waals surface area contributed by atoms with Crippen LogP contribution < -0.4 is 10.6 Å². The van der Waals surface area contributed by atoms with E-state index < -0.39 is 0 Å². The molecule has 1 rings (SSSR count). The van der Waals surface area contributed by atoms with Gasteiger partial charge in [0.2, 0.25) is 0 Å². The molecule has 0 aliphatic heterocycles. The van der Waals surface area contributed by atoms with Crippen molar-refractivity contribution in [1.82, 2.24) is 15.5 Å². The van der Waals surface area contributed by atoms with Gasteiger partial charge in [-0.3, -0.25) is 9.89 Å². The number of hydrogen-bond donors (Lipinski definition) is 2. The van der Waals surface area contributed by atoms with Crippen molar-refractivity contribution in [1.29, 1.82) is 0 Å². The fourth-order valence-electron chi connectivity index (χ4n) is 2.10. The van der Waals surface area contributed by atoms with Gasteiger partial charge in [-0.05, 0) is 40.0 Å². The predicted molar refractivity (Wildman–Crippen MR) is 94.5 cm³/mol. The summed E-state index contributed by atoms with van der Waals surface area (Å²) < 4.78 is 0. The van der Waals surface area contributed by atoms with Crippen LogP contribution in [0.25, 0.3) is 0 Å². The van der Waals surface area contributed by atoms with E-state index in [-0.39, 0.29) is 24.0 Å². The Morgan fingerprint density at radius 2 is 1.95 bits per heavy atom. The molecule has 0 aromatic heterocycles. The van der Waals surface area contributed by atoms with Crippen LogP contribution in [0.15, 0.2) is 4.99 Å². The average molecular weight is 382 g/mol. The third kappa shape index (κ3) is 7.34. The lowest BCUT2D eigenvalue weighted by Crippen LogP contribution is -2.46. The summed E-state index contributed by atoms with van der Waals surface area (Å²) >= 11 is 0. The maximum Gasteiger partial charge on any atom is 0.191 e. The molecule has 0 spiro atoms. The molecule has 2 N–H and O–H groups in total. The van der Waals surface area contributed by atoms with Gasteiger partial charge in [0.15, 0.2) is 5.96 Å². The van der Waals surface area contributed by atoms with Crippen molar-refractivity contribution in [3.05, 3.63) is 0 Å². The molecule has 1 atom stereocenters. The number of nitrogens with zero attached hydrogens (tertiary/aromatic N) is 2. The normalized spacial score (nSPS) is 17.3. The highest BCUT2D eigenvalue weighted by Gasteiger charge is 2.30. The highest BCUT2D eigenvalue weighted by Crippen LogP contribution is 2.27. The molecule has 114 valence electrons. The molecule has 19 heavy (non-hydrogen) atoms. The summed E-state index contributed by atoms with van der Waals surface area (Å²) in [6, 6.07) is 1.95. The first-order valence-electron chi connectivity index (χ1n) is 7.31. The van der Waals surface area contributed by atoms with E-state index in [9.17, 15) is 0 Å². The zero-order valence-corrected chi connectivity index (χ0v) is 15.4. The Morgan fingerprint density at radius 1 is 1.32 bits per heavy atom. The van der Waals surface area contributed by atoms with Crippen LogP contribution in [-0.2, 0) is 0 Å². The van der Waals surface area contributed by atoms with E-state index in [1.54, 1.807) is 0 Å². The maximum atomic E-state index is 4.25. The zero-order valence-electron chi connectivity index (χ0n) is 13.1. The van der Waals surface area contributed by atoms with Crippen LogP contribution in [0.1, 0.15) is 47.0 Å². The largest absolute Gasteiger partial charge is 0.355 e. The van der Waals surface area contributed by atoms with Crippen LogP contribution >= 0.6 is 24.0 Å². The third-order valence-electron chi connectivity index (χ3n) is 3.56. The van der Waals surface area contributed by atoms with Gasteiger partial charge < -0.3 is 10.6 Å². The Balaban J connectivity index is 0.00000324. The smallest absolute Gasteiger partial charge is 0.191 e. The van der Waals surface area contributed by atoms with Crippen molar-refractivity contribution in [3.63, 3.8) is 0 Å². The van der Waals surface area contributed by atoms with E-state index in [2.05, 4.69) is 48.2 Å². The van der Waals surface area contributed by atoms with Crippen molar-refractivity contribution >= 4 is 29.9 Å². The number of guanidine groups is 1. The minimum atomic E-state index is 0. The van der Waals surface area contributed by atoms with Gasteiger partial charge >= 0.3 is 0 Å². The first-order valence-corrected chi connectivity index (χ1v) is 7.31. The number of rotatable bonds is 7. The lowest BCUT2D eigenvalue weighted by Gasteiger charge is -2.27. The van der Waals surface area contributed by atoms with Gasteiger partial charge in [-0.25, -0.2) is 0 Å². The molecular weight excluding hydrogens is 351 g/mol. The van der Waals surface area contributed by atoms with Gasteiger partial charge in [0.05, 0.1) is 0 Å². The highest BCUT2D eigenvalue weighted by molar-refractivity contribution is 14.0. The first-order chi connectivity index (χ1) is 8.58. The van der Waals surface area contributed by atoms with Crippen molar-refractivity contribution in [2.75, 3.05) is 20.1 Å². The quantitative estimate of drug-likeness (QED) is 0.404. The van der Waals surface area contributed by atoms with Crippen LogP contribution in [0.2, 0.25) is 0 Å². The van der Waals surface area contributed by atoms with E-state index in [1.807, 2.05) is 7.05 Å². The van der Waals surface area contributed by atoms with Crippen LogP contribution in [0, 0.1) is 0 Å². The molecule has 1 aliphatic carbocycles. The van der Waals surface area contributed by atoms with Gasteiger partial charge in [-0.2, -0.15) is 0 Å². The topological polar surface area (TPSA) is 39.7 Å². The standard InChI is InChI=1S/C14H30N4.HI/c1-6-12(4)17-14(15-5)16-9-10-18(11(2)3)13-7-8-13;/h11-13H,6-10H2,1-5H3,(H2,15,16,17);1H. The lowest BCUT2D eigenvalue weighted by molar-refractivity contribution is 0.215. The molecule has 0 radical (unpaired) electrons. The van der Waals surface area contributed by atoms with Crippen LogP contribution in [-0.4, -0.2) is 49.1 Å². The van der Waals surface area contributed by atoms with E-state index in [4.69, 9.17) is 0 Å². The maximum absolute atomic E-state index is 4.25. The summed E-state index contributed by atoms with van der Waals surface area (Å²) in [7, 11) is 1.83. The van der Waals surface area contributed by atoms with E-state index in [0.29, 0.717) is 12.1 Å². The Bertz CT molecular complexity index is 262. The molecule has 1 unspecified atom stereocenters. The zero-order chi connectivity index (χ0) is 13.5. The highest BCUT2D eigenvalue weighted by atomic mass is 127. The Hall–Kier alpha value is -0.0400. The summed E-state index contributed by atoms with van der Waals surface area (Å²) in [5.74, 6) is 0.920. The van der Waals surface area contributed by atoms with E-state index in [0.717, 1.165) is 31.5 Å². The molecule has 5 heteroatoms. The molecule has 0 saturated heterocycles. The molecular formula is C14H31IN4. The molecule has 0 amide bonds. The second-order valence-corrected chi connectivity index (χ2v) is 5.52. The Morgan fingerprint density at radius 3 is 2.37 bits per heavy atom. The van der Waals surface area contributed by atoms with Gasteiger partial charge in [-0.1, -0.05) is 6.92 Å². The monoisotopic (exact) mass is 382 g/mol. The van der Waals surface area contributed by atoms with Crippen molar-refractivity contribution in [2.24, 2.45) is 4.99 Å². The molecule has 0 aromatic rings. The Kier molecular flexibility index (Phi) is 9.78. The molecule has 0 heterocycles. The lowest BCUT2D eigenvalue weighted by atomic mass is 10.3. The second kappa shape index (κ2) is 9.80. The second-order valence-electron chi connectivity index (χ2n) is 5.52. The predicted octanol–water partition coefficient (Wildman–Crippen LogP) is 2.44. The summed E-state index contributed by atoms with van der Waals surface area (Å²) in [5, 5.41) is 6.78. The fraction of sp³-hybridized carbons (Fsp3) is 0.929. The fourth-order valence-corrected chi connectivity index (χ4v) is 2.10. The molecule has 0 aromatic carbocycles. The number of halogens is 1. The van der Waals surface area contributed by atoms with Gasteiger partial charge in [0.1, 0.15) is 0 Å². The molecule has 4 nitrogen and oxygen atoms in total. The minimum Gasteiger partial charge on any atom is -0.355 e. The van der Waals surface area contributed by atoms with E-state index >= 15 is 0 Å². The van der Waals surface area contributed by atoms with Crippen LogP contribution in [0.3, 0.4) is 0 Å². The SMILES string of the molecule is CCC(C)NC(=NC)NCCN(C(C)C)C1CC1.I. The molecule has 1 saturated carbocycles. The number of nitrogens with one attached hydrogen (secondary N) is 2. The molecule has 1 aliphatic rings. The van der Waals surface area contributed by atoms with Gasteiger partial charge in [0.25, 0.3) is 0 Å².